The topological polar surface area (TPSA) is 51.2 Å². The van der Waals surface area contributed by atoms with E-state index >= 15 is 0 Å². The van der Waals surface area contributed by atoms with Gasteiger partial charge in [-0.3, -0.25) is 4.79 Å². The average molecular weight is 306 g/mol. The second-order valence-corrected chi connectivity index (χ2v) is 5.19. The first-order valence-electron chi connectivity index (χ1n) is 7.52. The molecule has 3 rings (SSSR count). The highest BCUT2D eigenvalue weighted by Gasteiger charge is 2.13. The van der Waals surface area contributed by atoms with Gasteiger partial charge in [-0.1, -0.05) is 48.5 Å². The van der Waals surface area contributed by atoms with Crippen molar-refractivity contribution in [2.24, 2.45) is 0 Å². The summed E-state index contributed by atoms with van der Waals surface area (Å²) in [5.41, 5.74) is 3.22. The minimum absolute atomic E-state index is 0.113. The van der Waals surface area contributed by atoms with Crippen LogP contribution in [0.15, 0.2) is 60.7 Å². The zero-order chi connectivity index (χ0) is 16.1. The lowest BCUT2D eigenvalue weighted by Gasteiger charge is -2.10. The van der Waals surface area contributed by atoms with E-state index in [4.69, 9.17) is 4.74 Å². The molecule has 0 saturated carbocycles. The third kappa shape index (κ3) is 3.38. The molecule has 3 aromatic rings. The fourth-order valence-corrected chi connectivity index (χ4v) is 2.48. The van der Waals surface area contributed by atoms with E-state index in [2.05, 4.69) is 10.3 Å². The Morgan fingerprint density at radius 1 is 1.09 bits per heavy atom. The smallest absolute Gasteiger partial charge is 0.252 e. The number of amides is 1. The number of para-hydroxylation sites is 1. The maximum Gasteiger partial charge on any atom is 0.252 e. The molecule has 0 spiro atoms. The normalized spacial score (nSPS) is 10.7. The summed E-state index contributed by atoms with van der Waals surface area (Å²) in [6.45, 7) is 0.965. The second-order valence-electron chi connectivity index (χ2n) is 5.19. The van der Waals surface area contributed by atoms with E-state index in [-0.39, 0.29) is 5.91 Å². The van der Waals surface area contributed by atoms with Crippen LogP contribution in [0.3, 0.4) is 0 Å². The Hall–Kier alpha value is -2.72. The van der Waals surface area contributed by atoms with Gasteiger partial charge in [-0.2, -0.15) is 0 Å². The van der Waals surface area contributed by atoms with Crippen LogP contribution >= 0.6 is 0 Å². The molecule has 0 atom stereocenters. The number of hydrogen-bond acceptors (Lipinski definition) is 3. The van der Waals surface area contributed by atoms with Crippen molar-refractivity contribution < 1.29 is 9.53 Å². The van der Waals surface area contributed by atoms with Gasteiger partial charge in [-0.25, -0.2) is 4.98 Å². The molecular weight excluding hydrogens is 288 g/mol. The van der Waals surface area contributed by atoms with Crippen molar-refractivity contribution in [3.05, 3.63) is 66.2 Å². The van der Waals surface area contributed by atoms with Crippen molar-refractivity contribution in [1.82, 2.24) is 10.3 Å². The molecule has 1 N–H and O–H groups in total. The Bertz CT molecular complexity index is 816. The monoisotopic (exact) mass is 306 g/mol. The molecule has 0 aliphatic rings. The number of rotatable bonds is 5. The average Bonchev–Trinajstić information content (AvgIpc) is 2.61. The summed E-state index contributed by atoms with van der Waals surface area (Å²) in [6, 6.07) is 19.4. The van der Waals surface area contributed by atoms with Gasteiger partial charge in [-0.15, -0.1) is 0 Å². The molecule has 1 aromatic heterocycles. The number of nitrogens with zero attached hydrogens (tertiary/aromatic N) is 1. The van der Waals surface area contributed by atoms with Gasteiger partial charge in [0, 0.05) is 24.6 Å². The largest absolute Gasteiger partial charge is 0.383 e. The Morgan fingerprint density at radius 3 is 2.61 bits per heavy atom. The van der Waals surface area contributed by atoms with Crippen molar-refractivity contribution in [3.63, 3.8) is 0 Å². The van der Waals surface area contributed by atoms with Crippen molar-refractivity contribution >= 4 is 16.8 Å². The molecule has 1 heterocycles. The molecule has 0 bridgehead atoms. The molecular formula is C19H18N2O2. The number of aromatic nitrogens is 1. The van der Waals surface area contributed by atoms with Crippen molar-refractivity contribution in [2.75, 3.05) is 20.3 Å². The molecule has 0 radical (unpaired) electrons. The molecule has 2 aromatic carbocycles. The van der Waals surface area contributed by atoms with E-state index in [0.717, 1.165) is 22.2 Å². The molecule has 0 unspecified atom stereocenters. The van der Waals surface area contributed by atoms with Crippen molar-refractivity contribution in [2.45, 2.75) is 0 Å². The van der Waals surface area contributed by atoms with Gasteiger partial charge < -0.3 is 10.1 Å². The number of nitrogens with one attached hydrogen (secondary N) is 1. The maximum absolute atomic E-state index is 12.5. The standard InChI is InChI=1S/C19H18N2O2/c1-23-12-11-20-19(22)16-13-18(14-7-3-2-4-8-14)21-17-10-6-5-9-15(16)17/h2-10,13H,11-12H2,1H3,(H,20,22). The Morgan fingerprint density at radius 2 is 1.83 bits per heavy atom. The van der Waals surface area contributed by atoms with Crippen LogP contribution < -0.4 is 5.32 Å². The number of hydrogen-bond donors (Lipinski definition) is 1. The van der Waals surface area contributed by atoms with E-state index in [9.17, 15) is 4.79 Å². The van der Waals surface area contributed by atoms with Crippen molar-refractivity contribution in [3.8, 4) is 11.3 Å². The number of methoxy groups -OCH3 is 1. The van der Waals surface area contributed by atoms with Gasteiger partial charge in [0.25, 0.3) is 5.91 Å². The van der Waals surface area contributed by atoms with Gasteiger partial charge in [0.15, 0.2) is 0 Å². The summed E-state index contributed by atoms with van der Waals surface area (Å²) in [5, 5.41) is 3.73. The van der Waals surface area contributed by atoms with E-state index in [0.29, 0.717) is 18.7 Å². The molecule has 4 heteroatoms. The van der Waals surface area contributed by atoms with Gasteiger partial charge in [-0.05, 0) is 12.1 Å². The lowest BCUT2D eigenvalue weighted by molar-refractivity contribution is 0.0938. The molecule has 0 saturated heterocycles. The molecule has 0 aliphatic carbocycles. The SMILES string of the molecule is COCCNC(=O)c1cc(-c2ccccc2)nc2ccccc12. The second kappa shape index (κ2) is 7.03. The van der Waals surface area contributed by atoms with E-state index < -0.39 is 0 Å². The lowest BCUT2D eigenvalue weighted by Crippen LogP contribution is -2.27. The molecule has 23 heavy (non-hydrogen) atoms. The summed E-state index contributed by atoms with van der Waals surface area (Å²) in [5.74, 6) is -0.113. The predicted octanol–water partition coefficient (Wildman–Crippen LogP) is 3.28. The third-order valence-electron chi connectivity index (χ3n) is 3.62. The summed E-state index contributed by atoms with van der Waals surface area (Å²) >= 11 is 0. The molecule has 116 valence electrons. The predicted molar refractivity (Wildman–Crippen MR) is 91.4 cm³/mol. The molecule has 1 amide bonds. The maximum atomic E-state index is 12.5. The highest BCUT2D eigenvalue weighted by molar-refractivity contribution is 6.07. The molecule has 4 nitrogen and oxygen atoms in total. The van der Waals surface area contributed by atoms with Crippen LogP contribution in [0.2, 0.25) is 0 Å². The first-order valence-corrected chi connectivity index (χ1v) is 7.52. The fraction of sp³-hybridized carbons (Fsp3) is 0.158. The lowest BCUT2D eigenvalue weighted by atomic mass is 10.0. The first kappa shape index (κ1) is 15.2. The Kier molecular flexibility index (Phi) is 4.64. The van der Waals surface area contributed by atoms with Gasteiger partial charge in [0.1, 0.15) is 0 Å². The van der Waals surface area contributed by atoms with E-state index in [1.54, 1.807) is 7.11 Å². The van der Waals surface area contributed by atoms with Crippen LogP contribution in [0.5, 0.6) is 0 Å². The molecule has 0 fully saturated rings. The highest BCUT2D eigenvalue weighted by Crippen LogP contribution is 2.24. The number of ether oxygens (including phenoxy) is 1. The third-order valence-corrected chi connectivity index (χ3v) is 3.62. The minimum Gasteiger partial charge on any atom is -0.383 e. The number of carbonyl (C=O) groups is 1. The quantitative estimate of drug-likeness (QED) is 0.736. The van der Waals surface area contributed by atoms with Gasteiger partial charge in [0.2, 0.25) is 0 Å². The Labute approximate surface area is 135 Å². The highest BCUT2D eigenvalue weighted by atomic mass is 16.5. The van der Waals surface area contributed by atoms with Crippen LogP contribution in [0.4, 0.5) is 0 Å². The first-order chi connectivity index (χ1) is 11.3. The summed E-state index contributed by atoms with van der Waals surface area (Å²) in [4.78, 5) is 17.2. The number of carbonyl (C=O) groups excluding carboxylic acids is 1. The fourth-order valence-electron chi connectivity index (χ4n) is 2.48. The van der Waals surface area contributed by atoms with Gasteiger partial charge >= 0.3 is 0 Å². The van der Waals surface area contributed by atoms with E-state index in [1.807, 2.05) is 60.7 Å². The van der Waals surface area contributed by atoms with Crippen LogP contribution in [-0.2, 0) is 4.74 Å². The number of fused-ring (bicyclic) bond motifs is 1. The van der Waals surface area contributed by atoms with Crippen LogP contribution in [-0.4, -0.2) is 31.2 Å². The van der Waals surface area contributed by atoms with E-state index in [1.165, 1.54) is 0 Å². The van der Waals surface area contributed by atoms with Crippen molar-refractivity contribution in [1.29, 1.82) is 0 Å². The number of pyridine rings is 1. The summed E-state index contributed by atoms with van der Waals surface area (Å²) in [7, 11) is 1.61. The number of benzene rings is 2. The van der Waals surface area contributed by atoms with Crippen LogP contribution in [0.25, 0.3) is 22.2 Å². The molecule has 0 aliphatic heterocycles. The summed E-state index contributed by atoms with van der Waals surface area (Å²) < 4.78 is 4.98. The van der Waals surface area contributed by atoms with Gasteiger partial charge in [0.05, 0.1) is 23.4 Å². The minimum atomic E-state index is -0.113. The summed E-state index contributed by atoms with van der Waals surface area (Å²) in [6.07, 6.45) is 0. The zero-order valence-corrected chi connectivity index (χ0v) is 13.0. The zero-order valence-electron chi connectivity index (χ0n) is 13.0. The van der Waals surface area contributed by atoms with Crippen LogP contribution in [0.1, 0.15) is 10.4 Å². The Balaban J connectivity index is 2.06. The van der Waals surface area contributed by atoms with Crippen LogP contribution in [0, 0.1) is 0 Å².